The third-order valence-electron chi connectivity index (χ3n) is 4.88. The Morgan fingerprint density at radius 1 is 1.41 bits per heavy atom. The van der Waals surface area contributed by atoms with Crippen LogP contribution in [0.25, 0.3) is 6.08 Å². The third kappa shape index (κ3) is 4.56. The average molecular weight is 391 g/mol. The van der Waals surface area contributed by atoms with Crippen LogP contribution in [0.3, 0.4) is 0 Å². The molecule has 3 heterocycles. The first kappa shape index (κ1) is 19.6. The molecule has 1 amide bonds. The second-order valence-electron chi connectivity index (χ2n) is 6.55. The lowest BCUT2D eigenvalue weighted by atomic mass is 9.96. The highest BCUT2D eigenvalue weighted by atomic mass is 32.1. The lowest BCUT2D eigenvalue weighted by Gasteiger charge is -2.30. The van der Waals surface area contributed by atoms with Gasteiger partial charge >= 0.3 is 5.69 Å². The van der Waals surface area contributed by atoms with Gasteiger partial charge in [-0.1, -0.05) is 6.07 Å². The number of thiophene rings is 1. The lowest BCUT2D eigenvalue weighted by molar-refractivity contribution is -0.127. The molecule has 0 radical (unpaired) electrons. The summed E-state index contributed by atoms with van der Waals surface area (Å²) in [5, 5.41) is 6.55. The van der Waals surface area contributed by atoms with E-state index < -0.39 is 0 Å². The smallest absolute Gasteiger partial charge is 0.345 e. The van der Waals surface area contributed by atoms with Gasteiger partial charge in [0.05, 0.1) is 13.2 Å². The molecule has 1 fully saturated rings. The van der Waals surface area contributed by atoms with E-state index in [0.29, 0.717) is 32.8 Å². The first-order valence-corrected chi connectivity index (χ1v) is 10.2. The van der Waals surface area contributed by atoms with Gasteiger partial charge in [-0.25, -0.2) is 9.48 Å². The summed E-state index contributed by atoms with van der Waals surface area (Å²) in [5.41, 5.74) is -0.0815. The van der Waals surface area contributed by atoms with Crippen LogP contribution >= 0.6 is 11.3 Å². The molecule has 1 aliphatic heterocycles. The maximum Gasteiger partial charge on any atom is 0.345 e. The Labute approximate surface area is 162 Å². The molecular formula is C19H26N4O3S. The van der Waals surface area contributed by atoms with E-state index in [-0.39, 0.29) is 17.5 Å². The molecular weight excluding hydrogens is 364 g/mol. The van der Waals surface area contributed by atoms with Crippen molar-refractivity contribution in [1.29, 1.82) is 0 Å². The first-order valence-electron chi connectivity index (χ1n) is 9.31. The van der Waals surface area contributed by atoms with Gasteiger partial charge in [-0.3, -0.25) is 9.36 Å². The van der Waals surface area contributed by atoms with Crippen molar-refractivity contribution in [3.05, 3.63) is 44.8 Å². The fourth-order valence-electron chi connectivity index (χ4n) is 3.38. The predicted molar refractivity (Wildman–Crippen MR) is 106 cm³/mol. The summed E-state index contributed by atoms with van der Waals surface area (Å²) in [6, 6.07) is 3.96. The van der Waals surface area contributed by atoms with E-state index in [1.54, 1.807) is 29.1 Å². The van der Waals surface area contributed by atoms with Gasteiger partial charge in [0, 0.05) is 43.6 Å². The normalized spacial score (nSPS) is 15.7. The molecule has 0 unspecified atom stereocenters. The van der Waals surface area contributed by atoms with Crippen LogP contribution in [0.15, 0.2) is 28.4 Å². The van der Waals surface area contributed by atoms with E-state index in [1.807, 2.05) is 35.4 Å². The van der Waals surface area contributed by atoms with Crippen molar-refractivity contribution >= 4 is 23.3 Å². The topological polar surface area (TPSA) is 69.4 Å². The number of carbonyl (C=O) groups excluding carboxylic acids is 1. The molecule has 0 atom stereocenters. The van der Waals surface area contributed by atoms with E-state index >= 15 is 0 Å². The zero-order valence-electron chi connectivity index (χ0n) is 15.8. The van der Waals surface area contributed by atoms with Crippen LogP contribution in [0.1, 0.15) is 36.4 Å². The second kappa shape index (κ2) is 9.14. The summed E-state index contributed by atoms with van der Waals surface area (Å²) in [5.74, 6) is 1.08. The number of hydrogen-bond acceptors (Lipinski definition) is 5. The number of ether oxygens (including phenoxy) is 1. The molecule has 2 aromatic heterocycles. The van der Waals surface area contributed by atoms with Gasteiger partial charge in [0.1, 0.15) is 5.82 Å². The minimum atomic E-state index is -0.0815. The summed E-state index contributed by atoms with van der Waals surface area (Å²) >= 11 is 1.61. The minimum Gasteiger partial charge on any atom is -0.383 e. The molecule has 146 valence electrons. The number of rotatable bonds is 7. The Morgan fingerprint density at radius 3 is 2.81 bits per heavy atom. The molecule has 0 spiro atoms. The van der Waals surface area contributed by atoms with Gasteiger partial charge in [-0.15, -0.1) is 11.3 Å². The molecule has 27 heavy (non-hydrogen) atoms. The van der Waals surface area contributed by atoms with E-state index in [4.69, 9.17) is 4.74 Å². The van der Waals surface area contributed by atoms with Crippen LogP contribution < -0.4 is 5.69 Å². The third-order valence-corrected chi connectivity index (χ3v) is 5.72. The number of nitrogens with zero attached hydrogens (tertiary/aromatic N) is 4. The minimum absolute atomic E-state index is 0.0420. The number of piperidine rings is 1. The zero-order chi connectivity index (χ0) is 19.2. The summed E-state index contributed by atoms with van der Waals surface area (Å²) in [4.78, 5) is 27.8. The molecule has 1 aliphatic rings. The molecule has 0 aliphatic carbocycles. The predicted octanol–water partition coefficient (Wildman–Crippen LogP) is 2.19. The largest absolute Gasteiger partial charge is 0.383 e. The summed E-state index contributed by atoms with van der Waals surface area (Å²) in [6.45, 7) is 4.84. The molecule has 7 nitrogen and oxygen atoms in total. The van der Waals surface area contributed by atoms with E-state index in [9.17, 15) is 9.59 Å². The van der Waals surface area contributed by atoms with Crippen LogP contribution in [0.5, 0.6) is 0 Å². The Hall–Kier alpha value is -2.19. The zero-order valence-corrected chi connectivity index (χ0v) is 16.7. The molecule has 2 aromatic rings. The maximum atomic E-state index is 12.5. The van der Waals surface area contributed by atoms with Crippen molar-refractivity contribution in [2.75, 3.05) is 26.8 Å². The molecule has 1 saturated heterocycles. The van der Waals surface area contributed by atoms with Gasteiger partial charge in [0.2, 0.25) is 5.91 Å². The summed E-state index contributed by atoms with van der Waals surface area (Å²) in [7, 11) is 1.61. The molecule has 0 N–H and O–H groups in total. The van der Waals surface area contributed by atoms with Crippen molar-refractivity contribution < 1.29 is 9.53 Å². The average Bonchev–Trinajstić information content (AvgIpc) is 3.32. The highest BCUT2D eigenvalue weighted by Crippen LogP contribution is 2.26. The number of amides is 1. The van der Waals surface area contributed by atoms with Gasteiger partial charge < -0.3 is 9.64 Å². The number of hydrogen-bond donors (Lipinski definition) is 0. The van der Waals surface area contributed by atoms with Crippen molar-refractivity contribution in [3.63, 3.8) is 0 Å². The number of methoxy groups -OCH3 is 1. The highest BCUT2D eigenvalue weighted by Gasteiger charge is 2.27. The number of aromatic nitrogens is 3. The standard InChI is InChI=1S/C19H26N4O3S/c1-3-22-18(20-23(19(22)25)12-13-26-2)15-8-10-21(11-9-15)17(24)7-6-16-5-4-14-27-16/h4-7,14-15H,3,8-13H2,1-2H3/b7-6+. The van der Waals surface area contributed by atoms with Crippen LogP contribution in [0.4, 0.5) is 0 Å². The molecule has 8 heteroatoms. The monoisotopic (exact) mass is 390 g/mol. The van der Waals surface area contributed by atoms with E-state index in [1.165, 1.54) is 4.68 Å². The Morgan fingerprint density at radius 2 is 2.19 bits per heavy atom. The van der Waals surface area contributed by atoms with Gasteiger partial charge in [0.25, 0.3) is 0 Å². The van der Waals surface area contributed by atoms with Crippen molar-refractivity contribution in [3.8, 4) is 0 Å². The maximum absolute atomic E-state index is 12.5. The Kier molecular flexibility index (Phi) is 6.63. The second-order valence-corrected chi connectivity index (χ2v) is 7.53. The first-order chi connectivity index (χ1) is 13.1. The molecule has 0 saturated carbocycles. The van der Waals surface area contributed by atoms with Gasteiger partial charge in [-0.05, 0) is 37.3 Å². The number of carbonyl (C=O) groups is 1. The van der Waals surface area contributed by atoms with Gasteiger partial charge in [-0.2, -0.15) is 5.10 Å². The summed E-state index contributed by atoms with van der Waals surface area (Å²) in [6.07, 6.45) is 5.15. The van der Waals surface area contributed by atoms with E-state index in [2.05, 4.69) is 5.10 Å². The number of likely N-dealkylation sites (tertiary alicyclic amines) is 1. The lowest BCUT2D eigenvalue weighted by Crippen LogP contribution is -2.37. The SMILES string of the molecule is CCn1c(C2CCN(C(=O)/C=C/c3cccs3)CC2)nn(CCOC)c1=O. The van der Waals surface area contributed by atoms with Crippen LogP contribution in [0, 0.1) is 0 Å². The van der Waals surface area contributed by atoms with E-state index in [0.717, 1.165) is 23.5 Å². The van der Waals surface area contributed by atoms with Crippen molar-refractivity contribution in [2.45, 2.75) is 38.8 Å². The summed E-state index contributed by atoms with van der Waals surface area (Å²) < 4.78 is 8.29. The van der Waals surface area contributed by atoms with Gasteiger partial charge in [0.15, 0.2) is 0 Å². The van der Waals surface area contributed by atoms with Crippen LogP contribution in [-0.4, -0.2) is 52.0 Å². The highest BCUT2D eigenvalue weighted by molar-refractivity contribution is 7.10. The Bertz CT molecular complexity index is 830. The fourth-order valence-corrected chi connectivity index (χ4v) is 4.00. The van der Waals surface area contributed by atoms with Crippen LogP contribution in [-0.2, 0) is 22.6 Å². The van der Waals surface area contributed by atoms with Crippen molar-refractivity contribution in [1.82, 2.24) is 19.2 Å². The Balaban J connectivity index is 1.63. The molecule has 3 rings (SSSR count). The molecule has 0 aromatic carbocycles. The van der Waals surface area contributed by atoms with Crippen molar-refractivity contribution in [2.24, 2.45) is 0 Å². The van der Waals surface area contributed by atoms with Crippen LogP contribution in [0.2, 0.25) is 0 Å². The fraction of sp³-hybridized carbons (Fsp3) is 0.526. The quantitative estimate of drug-likeness (QED) is 0.680. The molecule has 0 bridgehead atoms.